The molecule has 1 aliphatic carbocycles. The van der Waals surface area contributed by atoms with E-state index in [1.165, 1.54) is 0 Å². The number of ketones is 2. The number of nitrogens with zero attached hydrogens (tertiary/aromatic N) is 1. The number of alkyl halides is 3. The first-order valence-electron chi connectivity index (χ1n) is 6.64. The van der Waals surface area contributed by atoms with Crippen LogP contribution in [0.5, 0.6) is 0 Å². The maximum Gasteiger partial charge on any atom is 0.416 e. The summed E-state index contributed by atoms with van der Waals surface area (Å²) in [4.78, 5) is 34.0. The van der Waals surface area contributed by atoms with Gasteiger partial charge in [0, 0.05) is 12.5 Å². The van der Waals surface area contributed by atoms with Crippen molar-refractivity contribution in [1.29, 1.82) is 0 Å². The summed E-state index contributed by atoms with van der Waals surface area (Å²) >= 11 is 0. The molecule has 0 amide bonds. The van der Waals surface area contributed by atoms with Crippen LogP contribution in [-0.4, -0.2) is 16.5 Å². The Kier molecular flexibility index (Phi) is 4.30. The van der Waals surface area contributed by atoms with Crippen LogP contribution in [0.3, 0.4) is 0 Å². The molecule has 0 spiro atoms. The highest BCUT2D eigenvalue weighted by Crippen LogP contribution is 2.34. The molecule has 1 saturated carbocycles. The van der Waals surface area contributed by atoms with Crippen LogP contribution in [0.1, 0.15) is 41.6 Å². The van der Waals surface area contributed by atoms with Gasteiger partial charge >= 0.3 is 6.18 Å². The maximum atomic E-state index is 12.6. The van der Waals surface area contributed by atoms with Crippen molar-refractivity contribution in [2.24, 2.45) is 5.92 Å². The highest BCUT2D eigenvalue weighted by Gasteiger charge is 2.37. The molecule has 0 saturated heterocycles. The lowest BCUT2D eigenvalue weighted by molar-refractivity contribution is -0.385. The fourth-order valence-corrected chi connectivity index (χ4v) is 2.52. The zero-order valence-electron chi connectivity index (χ0n) is 11.4. The summed E-state index contributed by atoms with van der Waals surface area (Å²) in [6, 6.07) is 1.74. The van der Waals surface area contributed by atoms with Gasteiger partial charge in [0.2, 0.25) is 0 Å². The molecule has 0 radical (unpaired) electrons. The molecule has 1 aromatic rings. The molecule has 0 aromatic heterocycles. The summed E-state index contributed by atoms with van der Waals surface area (Å²) in [7, 11) is 0. The molecule has 118 valence electrons. The number of hydrogen-bond acceptors (Lipinski definition) is 4. The van der Waals surface area contributed by atoms with Gasteiger partial charge < -0.3 is 0 Å². The van der Waals surface area contributed by atoms with E-state index < -0.39 is 39.6 Å². The number of carbonyl (C=O) groups is 2. The van der Waals surface area contributed by atoms with Crippen LogP contribution in [0.15, 0.2) is 18.2 Å². The third kappa shape index (κ3) is 3.15. The number of nitro benzene ring substituents is 1. The molecule has 0 aliphatic heterocycles. The van der Waals surface area contributed by atoms with E-state index in [1.807, 2.05) is 0 Å². The fraction of sp³-hybridized carbons (Fsp3) is 0.429. The second kappa shape index (κ2) is 5.86. The molecular formula is C14H12F3NO4. The topological polar surface area (TPSA) is 77.3 Å². The minimum absolute atomic E-state index is 0.213. The predicted molar refractivity (Wildman–Crippen MR) is 69.4 cm³/mol. The Morgan fingerprint density at radius 2 is 1.95 bits per heavy atom. The molecule has 0 heterocycles. The van der Waals surface area contributed by atoms with Crippen LogP contribution >= 0.6 is 0 Å². The second-order valence-electron chi connectivity index (χ2n) is 5.12. The van der Waals surface area contributed by atoms with Gasteiger partial charge in [-0.15, -0.1) is 0 Å². The fourth-order valence-electron chi connectivity index (χ4n) is 2.52. The van der Waals surface area contributed by atoms with Gasteiger partial charge in [-0.25, -0.2) is 0 Å². The number of nitro groups is 1. The molecule has 0 bridgehead atoms. The third-order valence-electron chi connectivity index (χ3n) is 3.66. The van der Waals surface area contributed by atoms with Crippen molar-refractivity contribution >= 4 is 17.3 Å². The summed E-state index contributed by atoms with van der Waals surface area (Å²) in [5.74, 6) is -2.08. The van der Waals surface area contributed by atoms with Crippen molar-refractivity contribution in [1.82, 2.24) is 0 Å². The number of halogens is 3. The van der Waals surface area contributed by atoms with Crippen LogP contribution < -0.4 is 0 Å². The van der Waals surface area contributed by atoms with Crippen molar-refractivity contribution in [3.63, 3.8) is 0 Å². The van der Waals surface area contributed by atoms with E-state index in [1.54, 1.807) is 0 Å². The van der Waals surface area contributed by atoms with Crippen molar-refractivity contribution < 1.29 is 27.7 Å². The van der Waals surface area contributed by atoms with E-state index in [-0.39, 0.29) is 18.6 Å². The molecule has 1 aromatic carbocycles. The smallest absolute Gasteiger partial charge is 0.299 e. The standard InChI is InChI=1S/C14H12F3NO4/c15-14(16,17)8-5-6-9(11(7-8)18(21)22)13(20)10-3-1-2-4-12(10)19/h5-7,10H,1-4H2. The average molecular weight is 315 g/mol. The lowest BCUT2D eigenvalue weighted by Crippen LogP contribution is -2.27. The summed E-state index contributed by atoms with van der Waals surface area (Å²) in [5.41, 5.74) is -2.57. The van der Waals surface area contributed by atoms with E-state index in [0.717, 1.165) is 6.07 Å². The highest BCUT2D eigenvalue weighted by atomic mass is 19.4. The molecule has 0 N–H and O–H groups in total. The summed E-state index contributed by atoms with van der Waals surface area (Å²) in [6.07, 6.45) is -2.97. The Morgan fingerprint density at radius 3 is 2.50 bits per heavy atom. The van der Waals surface area contributed by atoms with Crippen molar-refractivity contribution in [3.8, 4) is 0 Å². The van der Waals surface area contributed by atoms with Gasteiger partial charge in [0.05, 0.1) is 22.0 Å². The summed E-state index contributed by atoms with van der Waals surface area (Å²) < 4.78 is 37.9. The summed E-state index contributed by atoms with van der Waals surface area (Å²) in [5, 5.41) is 11.0. The number of hydrogen-bond donors (Lipinski definition) is 0. The van der Waals surface area contributed by atoms with E-state index in [0.29, 0.717) is 25.0 Å². The normalized spacial score (nSPS) is 19.0. The molecule has 2 rings (SSSR count). The Labute approximate surface area is 123 Å². The minimum atomic E-state index is -4.74. The Morgan fingerprint density at radius 1 is 1.27 bits per heavy atom. The van der Waals surface area contributed by atoms with Crippen molar-refractivity contribution in [3.05, 3.63) is 39.4 Å². The van der Waals surface area contributed by atoms with Gasteiger partial charge in [0.1, 0.15) is 5.78 Å². The van der Waals surface area contributed by atoms with Crippen LogP contribution in [0.25, 0.3) is 0 Å². The quantitative estimate of drug-likeness (QED) is 0.370. The predicted octanol–water partition coefficient (Wildman–Crippen LogP) is 3.56. The van der Waals surface area contributed by atoms with Crippen LogP contribution in [0, 0.1) is 16.0 Å². The Hall–Kier alpha value is -2.25. The first-order valence-corrected chi connectivity index (χ1v) is 6.64. The molecule has 5 nitrogen and oxygen atoms in total. The first kappa shape index (κ1) is 16.1. The zero-order valence-corrected chi connectivity index (χ0v) is 11.4. The molecular weight excluding hydrogens is 303 g/mol. The molecule has 1 aliphatic rings. The van der Waals surface area contributed by atoms with Crippen LogP contribution in [0.2, 0.25) is 0 Å². The van der Waals surface area contributed by atoms with Crippen molar-refractivity contribution in [2.75, 3.05) is 0 Å². The van der Waals surface area contributed by atoms with Gasteiger partial charge in [-0.3, -0.25) is 19.7 Å². The van der Waals surface area contributed by atoms with Gasteiger partial charge in [-0.1, -0.05) is 6.42 Å². The monoisotopic (exact) mass is 315 g/mol. The number of carbonyl (C=O) groups excluding carboxylic acids is 2. The van der Waals surface area contributed by atoms with Crippen LogP contribution in [-0.2, 0) is 11.0 Å². The molecule has 1 unspecified atom stereocenters. The number of rotatable bonds is 3. The third-order valence-corrected chi connectivity index (χ3v) is 3.66. The van der Waals surface area contributed by atoms with Gasteiger partial charge in [0.15, 0.2) is 5.78 Å². The van der Waals surface area contributed by atoms with E-state index in [4.69, 9.17) is 0 Å². The van der Waals surface area contributed by atoms with Gasteiger partial charge in [-0.2, -0.15) is 13.2 Å². The van der Waals surface area contributed by atoms with Crippen molar-refractivity contribution in [2.45, 2.75) is 31.9 Å². The lowest BCUT2D eigenvalue weighted by Gasteiger charge is -2.19. The lowest BCUT2D eigenvalue weighted by atomic mass is 9.82. The van der Waals surface area contributed by atoms with Crippen LogP contribution in [0.4, 0.5) is 18.9 Å². The maximum absolute atomic E-state index is 12.6. The first-order chi connectivity index (χ1) is 10.2. The van der Waals surface area contributed by atoms with E-state index in [2.05, 4.69) is 0 Å². The average Bonchev–Trinajstić information content (AvgIpc) is 2.45. The largest absolute Gasteiger partial charge is 0.416 e. The van der Waals surface area contributed by atoms with E-state index in [9.17, 15) is 32.9 Å². The second-order valence-corrected chi connectivity index (χ2v) is 5.12. The Bertz CT molecular complexity index is 639. The zero-order chi connectivity index (χ0) is 16.5. The SMILES string of the molecule is O=C1CCCCC1C(=O)c1ccc(C(F)(F)F)cc1[N+](=O)[O-]. The highest BCUT2D eigenvalue weighted by molar-refractivity contribution is 6.12. The summed E-state index contributed by atoms with van der Waals surface area (Å²) in [6.45, 7) is 0. The van der Waals surface area contributed by atoms with Gasteiger partial charge in [-0.05, 0) is 25.0 Å². The van der Waals surface area contributed by atoms with E-state index >= 15 is 0 Å². The molecule has 1 atom stereocenters. The Balaban J connectivity index is 2.44. The molecule has 8 heteroatoms. The van der Waals surface area contributed by atoms with Gasteiger partial charge in [0.25, 0.3) is 5.69 Å². The minimum Gasteiger partial charge on any atom is -0.299 e. The molecule has 22 heavy (non-hydrogen) atoms. The number of benzene rings is 1. The molecule has 1 fully saturated rings. The number of Topliss-reactive ketones (excluding diaryl/α,β-unsaturated/α-hetero) is 2.